The number of nitrogens with one attached hydrogen (secondary N) is 5. The van der Waals surface area contributed by atoms with Gasteiger partial charge in [0.15, 0.2) is 23.1 Å². The molecule has 3 atom stereocenters. The Kier molecular flexibility index (Phi) is 21.2. The van der Waals surface area contributed by atoms with Gasteiger partial charge in [0.1, 0.15) is 23.3 Å². The standard InChI is InChI=1S/C23H18F4N6O2.2C21H17FN6O2.C20H15FN6O/c24-14-4-1-3-13(10-28)19(14)15-9-17(20-16(30-15)11-29-21(20)34)33-8-5-18(31-33)32-7-2-6-22(35,12-32)23(25,26)27;2*22-14-3-1-2-12(9-23)19(14)15-8-17(20-16(25-15)10-24-21(20)30)28-7-5-18(26-28)27-6-4-13(29)11-27;21-12-4-1-3-11(8-22)18(12)14-7-17(19-15(25-14)9-24-20(19)28)27-10-16-13(26-27)5-2-6-23-16/h1,3-5,8-9,35H,2,6-7,11-12H2,(H,29,34);2*1-3,5,7-8,13,29H,4,6,10-11H2,(H,24,30);1,3-4,7,10,23H,2,5-6,9H2,(H,24,28)/t;2*13-;/m.10./s1. The molecule has 8 aromatic heterocycles. The molecular formula is C85H67F7N24O7. The lowest BCUT2D eigenvalue weighted by Gasteiger charge is -2.40. The summed E-state index contributed by atoms with van der Waals surface area (Å²) in [5.41, 5.74) is 5.72. The van der Waals surface area contributed by atoms with E-state index in [-0.39, 0.29) is 148 Å². The molecule has 20 rings (SSSR count). The van der Waals surface area contributed by atoms with Crippen LogP contribution in [0.4, 0.5) is 53.9 Å². The first-order valence-corrected chi connectivity index (χ1v) is 38.8. The molecule has 8 N–H and O–H groups in total. The monoisotopic (exact) mass is 1670 g/mol. The van der Waals surface area contributed by atoms with Crippen LogP contribution in [-0.4, -0.2) is 168 Å². The number of carbonyl (C=O) groups is 4. The predicted molar refractivity (Wildman–Crippen MR) is 425 cm³/mol. The summed E-state index contributed by atoms with van der Waals surface area (Å²) in [4.78, 5) is 72.9. The molecule has 31 nitrogen and oxygen atoms in total. The zero-order valence-corrected chi connectivity index (χ0v) is 64.6. The molecule has 0 bridgehead atoms. The minimum absolute atomic E-state index is 0.0305. The number of nitriles is 4. The normalized spacial score (nSPS) is 17.6. The van der Waals surface area contributed by atoms with Gasteiger partial charge in [0, 0.05) is 76.1 Å². The number of carbonyl (C=O) groups excluding carboxylic acids is 4. The van der Waals surface area contributed by atoms with Gasteiger partial charge < -0.3 is 56.6 Å². The van der Waals surface area contributed by atoms with Gasteiger partial charge in [-0.1, -0.05) is 24.3 Å². The van der Waals surface area contributed by atoms with Crippen molar-refractivity contribution in [3.63, 3.8) is 0 Å². The van der Waals surface area contributed by atoms with E-state index in [9.17, 15) is 86.3 Å². The van der Waals surface area contributed by atoms with E-state index in [0.717, 1.165) is 30.8 Å². The average molecular weight is 1670 g/mol. The number of aryl methyl sites for hydroxylation is 1. The second-order valence-corrected chi connectivity index (χ2v) is 29.9. The number of fused-ring (bicyclic) bond motifs is 5. The third-order valence-electron chi connectivity index (χ3n) is 22.1. The summed E-state index contributed by atoms with van der Waals surface area (Å²) in [5.74, 6) is -1.99. The number of piperidine rings is 1. The quantitative estimate of drug-likeness (QED) is 0.0559. The van der Waals surface area contributed by atoms with E-state index >= 15 is 0 Å². The van der Waals surface area contributed by atoms with Gasteiger partial charge in [-0.2, -0.15) is 54.6 Å². The van der Waals surface area contributed by atoms with E-state index in [2.05, 4.69) is 66.9 Å². The first kappa shape index (κ1) is 80.2. The van der Waals surface area contributed by atoms with Crippen LogP contribution in [0, 0.1) is 68.6 Å². The molecule has 8 aliphatic rings. The number of aliphatic hydroxyl groups is 3. The summed E-state index contributed by atoms with van der Waals surface area (Å²) < 4.78 is 105. The Bertz CT molecular complexity index is 6320. The van der Waals surface area contributed by atoms with Gasteiger partial charge in [-0.15, -0.1) is 0 Å². The summed E-state index contributed by atoms with van der Waals surface area (Å²) in [6.45, 7) is 3.63. The highest BCUT2D eigenvalue weighted by atomic mass is 19.4. The number of alkyl halides is 3. The van der Waals surface area contributed by atoms with Crippen molar-refractivity contribution < 1.29 is 65.2 Å². The fourth-order valence-corrected chi connectivity index (χ4v) is 16.1. The van der Waals surface area contributed by atoms with E-state index in [4.69, 9.17) is 0 Å². The van der Waals surface area contributed by atoms with Crippen molar-refractivity contribution >= 4 is 46.8 Å². The zero-order valence-electron chi connectivity index (χ0n) is 64.6. The average Bonchev–Trinajstić information content (AvgIpc) is 1.65. The molecule has 1 unspecified atom stereocenters. The Morgan fingerprint density at radius 3 is 1.08 bits per heavy atom. The van der Waals surface area contributed by atoms with Crippen LogP contribution in [0.3, 0.4) is 0 Å². The van der Waals surface area contributed by atoms with Crippen molar-refractivity contribution in [1.82, 2.24) is 80.3 Å². The molecule has 4 aromatic carbocycles. The highest BCUT2D eigenvalue weighted by molar-refractivity contribution is 6.04. The fraction of sp³-hybridized carbons (Fsp3) is 0.247. The predicted octanol–water partition coefficient (Wildman–Crippen LogP) is 9.15. The summed E-state index contributed by atoms with van der Waals surface area (Å²) in [5, 5.41) is 99.7. The van der Waals surface area contributed by atoms with Gasteiger partial charge in [0.25, 0.3) is 23.6 Å². The first-order chi connectivity index (χ1) is 59.4. The van der Waals surface area contributed by atoms with Crippen LogP contribution < -0.4 is 41.3 Å². The van der Waals surface area contributed by atoms with Crippen LogP contribution in [0.25, 0.3) is 67.8 Å². The number of nitrogens with zero attached hydrogens (tertiary/aromatic N) is 19. The summed E-state index contributed by atoms with van der Waals surface area (Å²) in [6, 6.07) is 36.2. The van der Waals surface area contributed by atoms with Gasteiger partial charge in [0.2, 0.25) is 0 Å². The lowest BCUT2D eigenvalue weighted by Crippen LogP contribution is -2.57. The lowest BCUT2D eigenvalue weighted by atomic mass is 9.92. The maximum atomic E-state index is 14.7. The van der Waals surface area contributed by atoms with E-state index < -0.39 is 53.9 Å². The van der Waals surface area contributed by atoms with Gasteiger partial charge >= 0.3 is 6.18 Å². The minimum atomic E-state index is -4.79. The smallest absolute Gasteiger partial charge is 0.391 e. The molecule has 0 saturated carbocycles. The molecule has 3 fully saturated rings. The SMILES string of the molecule is N#Cc1cccc(F)c1-c1cc(-n2cc3c(n2)CCCN3)c2c(n1)CNC2=O.N#Cc1cccc(F)c1-c1cc(-n2ccc(N3CCCC(O)(C(F)(F)F)C3)n2)c2c(n1)CNC2=O.N#Cc1cccc(F)c1-c1cc(-n2ccc(N3CC[C@@H](O)C3)n2)c2c(n1)CNC2=O.N#Cc1cccc(F)c1-c1cc(-n2ccc(N3CC[C@H](O)C3)n2)c2c(n1)CNC2=O. The molecule has 618 valence electrons. The number of hydrogen-bond acceptors (Lipinski definition) is 23. The molecular weight excluding hydrogens is 1600 g/mol. The largest absolute Gasteiger partial charge is 0.418 e. The Morgan fingerprint density at radius 2 is 0.764 bits per heavy atom. The topological polar surface area (TPSA) is 417 Å². The maximum absolute atomic E-state index is 14.7. The number of rotatable bonds is 11. The highest BCUT2D eigenvalue weighted by Gasteiger charge is 2.56. The van der Waals surface area contributed by atoms with Crippen LogP contribution in [0.5, 0.6) is 0 Å². The van der Waals surface area contributed by atoms with Crippen LogP contribution in [0.1, 0.15) is 124 Å². The van der Waals surface area contributed by atoms with E-state index in [1.165, 1.54) is 94.6 Å². The van der Waals surface area contributed by atoms with E-state index in [0.29, 0.717) is 113 Å². The Hall–Kier alpha value is -15.3. The first-order valence-electron chi connectivity index (χ1n) is 38.8. The Balaban J connectivity index is 0.000000117. The van der Waals surface area contributed by atoms with Crippen LogP contribution >= 0.6 is 0 Å². The van der Waals surface area contributed by atoms with Gasteiger partial charge in [-0.25, -0.2) is 56.2 Å². The molecule has 0 radical (unpaired) electrons. The van der Waals surface area contributed by atoms with E-state index in [1.807, 2.05) is 40.3 Å². The molecule has 0 spiro atoms. The molecule has 123 heavy (non-hydrogen) atoms. The van der Waals surface area contributed by atoms with E-state index in [1.54, 1.807) is 62.8 Å². The molecule has 12 aromatic rings. The summed E-state index contributed by atoms with van der Waals surface area (Å²) in [6.07, 6.45) is 4.09. The molecule has 8 aliphatic heterocycles. The number of β-amino-alcohol motifs (C(OH)–C–C–N with tert-alkyl or cyclic N) is 3. The van der Waals surface area contributed by atoms with Gasteiger partial charge in [-0.05, 0) is 111 Å². The number of benzene rings is 4. The Morgan fingerprint density at radius 1 is 0.423 bits per heavy atom. The second-order valence-electron chi connectivity index (χ2n) is 29.9. The number of aliphatic hydroxyl groups excluding tert-OH is 2. The molecule has 3 saturated heterocycles. The van der Waals surface area contributed by atoms with Crippen LogP contribution in [0.15, 0.2) is 140 Å². The molecule has 16 heterocycles. The van der Waals surface area contributed by atoms with Crippen LogP contribution in [0.2, 0.25) is 0 Å². The van der Waals surface area contributed by atoms with Crippen molar-refractivity contribution in [2.75, 3.05) is 65.8 Å². The number of amides is 4. The minimum Gasteiger partial charge on any atom is -0.391 e. The second kappa shape index (κ2) is 32.5. The number of hydrogen-bond donors (Lipinski definition) is 8. The number of anilines is 4. The molecule has 0 aliphatic carbocycles. The Labute approximate surface area is 693 Å². The lowest BCUT2D eigenvalue weighted by molar-refractivity contribution is -0.261. The molecule has 38 heteroatoms. The highest BCUT2D eigenvalue weighted by Crippen LogP contribution is 2.42. The van der Waals surface area contributed by atoms with Crippen molar-refractivity contribution in [3.05, 3.63) is 236 Å². The number of pyridine rings is 4. The number of halogens is 7. The maximum Gasteiger partial charge on any atom is 0.418 e. The van der Waals surface area contributed by atoms with Gasteiger partial charge in [-0.3, -0.25) is 19.2 Å². The fourth-order valence-electron chi connectivity index (χ4n) is 16.1. The third-order valence-corrected chi connectivity index (χ3v) is 22.1. The van der Waals surface area contributed by atoms with Crippen molar-refractivity contribution in [1.29, 1.82) is 21.0 Å². The third kappa shape index (κ3) is 15.2. The zero-order chi connectivity index (χ0) is 85.9. The van der Waals surface area contributed by atoms with Crippen molar-refractivity contribution in [2.45, 2.75) is 88.7 Å². The van der Waals surface area contributed by atoms with Crippen molar-refractivity contribution in [2.24, 2.45) is 0 Å². The summed E-state index contributed by atoms with van der Waals surface area (Å²) >= 11 is 0. The van der Waals surface area contributed by atoms with Crippen LogP contribution in [-0.2, 0) is 32.6 Å². The number of aromatic nitrogens is 12. The van der Waals surface area contributed by atoms with Crippen molar-refractivity contribution in [3.8, 4) is 92.1 Å². The molecule has 4 amide bonds. The summed E-state index contributed by atoms with van der Waals surface area (Å²) in [7, 11) is 0. The van der Waals surface area contributed by atoms with Gasteiger partial charge in [0.05, 0.1) is 222 Å².